The number of alkyl halides is 3. The molecular formula is C9H13F3N2O3. The van der Waals surface area contributed by atoms with Crippen molar-refractivity contribution < 1.29 is 27.9 Å². The second kappa shape index (κ2) is 4.80. The highest BCUT2D eigenvalue weighted by Crippen LogP contribution is 2.22. The highest BCUT2D eigenvalue weighted by molar-refractivity contribution is 5.79. The van der Waals surface area contributed by atoms with Gasteiger partial charge < -0.3 is 15.3 Å². The van der Waals surface area contributed by atoms with Gasteiger partial charge >= 0.3 is 18.2 Å². The number of nitrogens with one attached hydrogen (secondary N) is 1. The Morgan fingerprint density at radius 1 is 1.47 bits per heavy atom. The molecule has 0 bridgehead atoms. The number of likely N-dealkylation sites (tertiary alicyclic amines) is 1. The molecule has 17 heavy (non-hydrogen) atoms. The summed E-state index contributed by atoms with van der Waals surface area (Å²) >= 11 is 0. The molecule has 1 heterocycles. The van der Waals surface area contributed by atoms with Gasteiger partial charge in [0.15, 0.2) is 0 Å². The third-order valence-corrected chi connectivity index (χ3v) is 2.43. The minimum Gasteiger partial charge on any atom is -0.481 e. The molecule has 1 aliphatic rings. The van der Waals surface area contributed by atoms with Crippen LogP contribution in [0.4, 0.5) is 18.0 Å². The second-order valence-electron chi connectivity index (χ2n) is 4.11. The molecule has 0 aliphatic carbocycles. The summed E-state index contributed by atoms with van der Waals surface area (Å²) in [6.45, 7) is 1.33. The smallest absolute Gasteiger partial charge is 0.391 e. The fraction of sp³-hybridized carbons (Fsp3) is 0.778. The molecule has 1 rings (SSSR count). The van der Waals surface area contributed by atoms with Crippen molar-refractivity contribution in [3.05, 3.63) is 0 Å². The number of carboxylic acids is 1. The van der Waals surface area contributed by atoms with E-state index in [1.54, 1.807) is 0 Å². The number of amides is 2. The van der Waals surface area contributed by atoms with Crippen molar-refractivity contribution in [2.75, 3.05) is 13.1 Å². The van der Waals surface area contributed by atoms with E-state index in [9.17, 15) is 22.8 Å². The molecule has 1 saturated heterocycles. The number of aliphatic carboxylic acids is 1. The minimum atomic E-state index is -4.33. The molecule has 0 aromatic rings. The predicted molar refractivity (Wildman–Crippen MR) is 51.4 cm³/mol. The highest BCUT2D eigenvalue weighted by Gasteiger charge is 2.37. The molecule has 0 aromatic carbocycles. The Morgan fingerprint density at radius 3 is 2.41 bits per heavy atom. The van der Waals surface area contributed by atoms with Crippen molar-refractivity contribution in [1.29, 1.82) is 0 Å². The van der Waals surface area contributed by atoms with Gasteiger partial charge in [-0.1, -0.05) is 0 Å². The number of carbonyl (C=O) groups is 2. The van der Waals surface area contributed by atoms with E-state index < -0.39 is 36.6 Å². The fourth-order valence-corrected chi connectivity index (χ4v) is 1.50. The molecule has 2 amide bonds. The van der Waals surface area contributed by atoms with E-state index >= 15 is 0 Å². The Balaban J connectivity index is 2.29. The number of halogens is 3. The Bertz CT molecular complexity index is 313. The first-order chi connectivity index (χ1) is 7.69. The van der Waals surface area contributed by atoms with E-state index in [0.717, 1.165) is 0 Å². The average molecular weight is 254 g/mol. The fourth-order valence-electron chi connectivity index (χ4n) is 1.50. The average Bonchev–Trinajstić information content (AvgIpc) is 1.94. The Labute approximate surface area is 95.6 Å². The van der Waals surface area contributed by atoms with Gasteiger partial charge in [-0.25, -0.2) is 4.79 Å². The maximum Gasteiger partial charge on any atom is 0.391 e. The van der Waals surface area contributed by atoms with Crippen molar-refractivity contribution in [2.24, 2.45) is 5.92 Å². The lowest BCUT2D eigenvalue weighted by Gasteiger charge is -2.37. The van der Waals surface area contributed by atoms with Gasteiger partial charge in [0, 0.05) is 19.1 Å². The van der Waals surface area contributed by atoms with Crippen LogP contribution in [0.1, 0.15) is 13.3 Å². The van der Waals surface area contributed by atoms with Crippen LogP contribution in [0.15, 0.2) is 0 Å². The van der Waals surface area contributed by atoms with Crippen molar-refractivity contribution >= 4 is 12.0 Å². The zero-order chi connectivity index (χ0) is 13.2. The van der Waals surface area contributed by atoms with Gasteiger partial charge in [-0.05, 0) is 6.92 Å². The normalized spacial score (nSPS) is 18.5. The van der Waals surface area contributed by atoms with E-state index in [4.69, 9.17) is 5.11 Å². The van der Waals surface area contributed by atoms with E-state index in [2.05, 4.69) is 5.32 Å². The topological polar surface area (TPSA) is 69.6 Å². The molecule has 8 heteroatoms. The molecule has 5 nitrogen and oxygen atoms in total. The number of nitrogens with zero attached hydrogens (tertiary/aromatic N) is 1. The summed E-state index contributed by atoms with van der Waals surface area (Å²) in [6.07, 6.45) is -5.43. The maximum atomic E-state index is 12.0. The number of hydrogen-bond acceptors (Lipinski definition) is 2. The van der Waals surface area contributed by atoms with Gasteiger partial charge in [0.1, 0.15) is 0 Å². The molecule has 0 spiro atoms. The van der Waals surface area contributed by atoms with Crippen LogP contribution in [0, 0.1) is 5.92 Å². The summed E-state index contributed by atoms with van der Waals surface area (Å²) in [5.74, 6) is -1.61. The molecule has 1 fully saturated rings. The van der Waals surface area contributed by atoms with Crippen LogP contribution >= 0.6 is 0 Å². The van der Waals surface area contributed by atoms with Crippen molar-refractivity contribution in [3.63, 3.8) is 0 Å². The monoisotopic (exact) mass is 254 g/mol. The van der Waals surface area contributed by atoms with Crippen molar-refractivity contribution in [1.82, 2.24) is 10.2 Å². The Morgan fingerprint density at radius 2 is 2.00 bits per heavy atom. The molecule has 1 aliphatic heterocycles. The second-order valence-corrected chi connectivity index (χ2v) is 4.11. The lowest BCUT2D eigenvalue weighted by molar-refractivity contribution is -0.146. The third kappa shape index (κ3) is 4.12. The number of carbonyl (C=O) groups excluding carboxylic acids is 1. The predicted octanol–water partition coefficient (Wildman–Crippen LogP) is 1.05. The number of rotatable bonds is 3. The van der Waals surface area contributed by atoms with Crippen LogP contribution < -0.4 is 5.32 Å². The zero-order valence-electron chi connectivity index (χ0n) is 9.12. The Kier molecular flexibility index (Phi) is 3.84. The molecule has 0 aromatic heterocycles. The first-order valence-corrected chi connectivity index (χ1v) is 5.04. The van der Waals surface area contributed by atoms with E-state index in [1.807, 2.05) is 0 Å². The summed E-state index contributed by atoms with van der Waals surface area (Å²) in [5.41, 5.74) is 0. The standard InChI is InChI=1S/C9H13F3N2O3/c1-5(2-9(10,11)12)13-8(17)14-3-6(4-14)7(15)16/h5-6H,2-4H2,1H3,(H,13,17)(H,15,16). The number of carboxylic acid groups (broad SMARTS) is 1. The van der Waals surface area contributed by atoms with Gasteiger partial charge in [-0.15, -0.1) is 0 Å². The van der Waals surface area contributed by atoms with E-state index in [-0.39, 0.29) is 13.1 Å². The molecular weight excluding hydrogens is 241 g/mol. The molecule has 1 unspecified atom stereocenters. The van der Waals surface area contributed by atoms with Crippen LogP contribution in [-0.2, 0) is 4.79 Å². The molecule has 0 saturated carbocycles. The first-order valence-electron chi connectivity index (χ1n) is 5.04. The van der Waals surface area contributed by atoms with Crippen LogP contribution in [0.25, 0.3) is 0 Å². The van der Waals surface area contributed by atoms with Gasteiger partial charge in [0.05, 0.1) is 12.3 Å². The Hall–Kier alpha value is -1.47. The maximum absolute atomic E-state index is 12.0. The van der Waals surface area contributed by atoms with Crippen LogP contribution in [-0.4, -0.2) is 47.3 Å². The van der Waals surface area contributed by atoms with Crippen LogP contribution in [0.5, 0.6) is 0 Å². The molecule has 98 valence electrons. The summed E-state index contributed by atoms with van der Waals surface area (Å²) in [5, 5.41) is 10.7. The van der Waals surface area contributed by atoms with Gasteiger partial charge in [0.2, 0.25) is 0 Å². The van der Waals surface area contributed by atoms with Crippen LogP contribution in [0.2, 0.25) is 0 Å². The summed E-state index contributed by atoms with van der Waals surface area (Å²) in [6, 6.07) is -1.68. The SMILES string of the molecule is CC(CC(F)(F)F)NC(=O)N1CC(C(=O)O)C1. The molecule has 0 radical (unpaired) electrons. The first kappa shape index (κ1) is 13.6. The van der Waals surface area contributed by atoms with Gasteiger partial charge in [-0.3, -0.25) is 4.79 Å². The summed E-state index contributed by atoms with van der Waals surface area (Å²) in [4.78, 5) is 23.0. The van der Waals surface area contributed by atoms with Crippen molar-refractivity contribution in [2.45, 2.75) is 25.6 Å². The summed E-state index contributed by atoms with van der Waals surface area (Å²) in [7, 11) is 0. The molecule has 1 atom stereocenters. The minimum absolute atomic E-state index is 0.0416. The number of urea groups is 1. The largest absolute Gasteiger partial charge is 0.481 e. The van der Waals surface area contributed by atoms with Gasteiger partial charge in [-0.2, -0.15) is 13.2 Å². The lowest BCUT2D eigenvalue weighted by Crippen LogP contribution is -2.57. The molecule has 2 N–H and O–H groups in total. The lowest BCUT2D eigenvalue weighted by atomic mass is 10.0. The van der Waals surface area contributed by atoms with Crippen LogP contribution in [0.3, 0.4) is 0 Å². The van der Waals surface area contributed by atoms with E-state index in [0.29, 0.717) is 0 Å². The highest BCUT2D eigenvalue weighted by atomic mass is 19.4. The number of hydrogen-bond donors (Lipinski definition) is 2. The van der Waals surface area contributed by atoms with Crippen molar-refractivity contribution in [3.8, 4) is 0 Å². The zero-order valence-corrected chi connectivity index (χ0v) is 9.12. The van der Waals surface area contributed by atoms with Gasteiger partial charge in [0.25, 0.3) is 0 Å². The van der Waals surface area contributed by atoms with E-state index in [1.165, 1.54) is 11.8 Å². The quantitative estimate of drug-likeness (QED) is 0.791. The third-order valence-electron chi connectivity index (χ3n) is 2.43. The summed E-state index contributed by atoms with van der Waals surface area (Å²) < 4.78 is 35.9.